The number of carbonyl (C=O) groups is 2. The average Bonchev–Trinajstić information content (AvgIpc) is 3.37. The number of nitro groups is 1. The molecule has 1 unspecified atom stereocenters. The van der Waals surface area contributed by atoms with Crippen molar-refractivity contribution >= 4 is 23.4 Å². The van der Waals surface area contributed by atoms with E-state index in [4.69, 9.17) is 15.7 Å². The summed E-state index contributed by atoms with van der Waals surface area (Å²) in [5.41, 5.74) is 5.79. The number of nitrogens with one attached hydrogen (secondary N) is 1. The standard InChI is InChI=1S/C11H11N3O2.C10H18N2O3/c12-8-9-7-10(14(15)16)3-4-11(9)13-5-1-2-6-13;1-10(2,3)15-9(14)12-7(8(11)13)6-4-5-6/h3-4,7H,1-2,5-6H2;6-7H,4-5H2,1-3H3,(H2,11,13)(H,12,14). The number of alkyl carbamates (subject to hydrolysis) is 1. The summed E-state index contributed by atoms with van der Waals surface area (Å²) in [6.07, 6.45) is 3.51. The molecule has 0 aromatic heterocycles. The summed E-state index contributed by atoms with van der Waals surface area (Å²) in [6, 6.07) is 5.90. The molecular weight excluding hydrogens is 402 g/mol. The number of nitrogens with zero attached hydrogens (tertiary/aromatic N) is 3. The van der Waals surface area contributed by atoms with Crippen LogP contribution in [0.2, 0.25) is 0 Å². The maximum absolute atomic E-state index is 11.4. The normalized spacial score (nSPS) is 16.4. The number of anilines is 1. The quantitative estimate of drug-likeness (QED) is 0.537. The van der Waals surface area contributed by atoms with E-state index in [2.05, 4.69) is 10.2 Å². The van der Waals surface area contributed by atoms with E-state index in [1.165, 1.54) is 12.1 Å². The van der Waals surface area contributed by atoms with Crippen molar-refractivity contribution in [3.8, 4) is 6.07 Å². The molecule has 10 heteroatoms. The van der Waals surface area contributed by atoms with Crippen molar-refractivity contribution in [3.05, 3.63) is 33.9 Å². The highest BCUT2D eigenvalue weighted by Gasteiger charge is 2.36. The summed E-state index contributed by atoms with van der Waals surface area (Å²) >= 11 is 0. The molecule has 1 aliphatic carbocycles. The number of nitro benzene ring substituents is 1. The third-order valence-corrected chi connectivity index (χ3v) is 4.83. The first-order valence-electron chi connectivity index (χ1n) is 10.2. The number of hydrogen-bond acceptors (Lipinski definition) is 7. The van der Waals surface area contributed by atoms with Crippen LogP contribution in [0.15, 0.2) is 18.2 Å². The molecule has 10 nitrogen and oxygen atoms in total. The molecule has 2 amide bonds. The van der Waals surface area contributed by atoms with Gasteiger partial charge in [-0.2, -0.15) is 5.26 Å². The number of nitriles is 1. The molecule has 1 heterocycles. The monoisotopic (exact) mass is 431 g/mol. The van der Waals surface area contributed by atoms with Gasteiger partial charge in [0.2, 0.25) is 5.91 Å². The first-order chi connectivity index (χ1) is 14.5. The average molecular weight is 431 g/mol. The zero-order chi connectivity index (χ0) is 23.2. The van der Waals surface area contributed by atoms with Gasteiger partial charge >= 0.3 is 6.09 Å². The molecule has 0 radical (unpaired) electrons. The highest BCUT2D eigenvalue weighted by Crippen LogP contribution is 2.32. The van der Waals surface area contributed by atoms with Crippen molar-refractivity contribution in [1.29, 1.82) is 5.26 Å². The van der Waals surface area contributed by atoms with E-state index in [1.807, 2.05) is 6.07 Å². The second-order valence-electron chi connectivity index (χ2n) is 8.63. The van der Waals surface area contributed by atoms with Gasteiger partial charge in [0.05, 0.1) is 16.2 Å². The molecule has 0 spiro atoms. The lowest BCUT2D eigenvalue weighted by molar-refractivity contribution is -0.384. The van der Waals surface area contributed by atoms with Crippen LogP contribution in [0.4, 0.5) is 16.2 Å². The minimum atomic E-state index is -0.585. The fraction of sp³-hybridized carbons (Fsp3) is 0.571. The SMILES string of the molecule is CC(C)(C)OC(=O)NC(C(N)=O)C1CC1.N#Cc1cc([N+](=O)[O-])ccc1N1CCCC1. The molecule has 31 heavy (non-hydrogen) atoms. The van der Waals surface area contributed by atoms with E-state index >= 15 is 0 Å². The van der Waals surface area contributed by atoms with Crippen molar-refractivity contribution in [2.24, 2.45) is 11.7 Å². The topological polar surface area (TPSA) is 152 Å². The third kappa shape index (κ3) is 7.44. The number of hydrogen-bond donors (Lipinski definition) is 2. The Bertz CT molecular complexity index is 864. The van der Waals surface area contributed by atoms with Gasteiger partial charge in [0.25, 0.3) is 5.69 Å². The number of non-ortho nitro benzene ring substituents is 1. The molecule has 1 aliphatic heterocycles. The lowest BCUT2D eigenvalue weighted by Crippen LogP contribution is -2.47. The lowest BCUT2D eigenvalue weighted by atomic mass is 10.1. The predicted molar refractivity (Wildman–Crippen MR) is 114 cm³/mol. The number of rotatable bonds is 5. The second-order valence-corrected chi connectivity index (χ2v) is 8.63. The highest BCUT2D eigenvalue weighted by atomic mass is 16.6. The van der Waals surface area contributed by atoms with Gasteiger partial charge in [0.1, 0.15) is 17.7 Å². The molecular formula is C21H29N5O5. The van der Waals surface area contributed by atoms with Crippen molar-refractivity contribution in [2.75, 3.05) is 18.0 Å². The first kappa shape index (κ1) is 23.9. The van der Waals surface area contributed by atoms with E-state index in [9.17, 15) is 19.7 Å². The first-order valence-corrected chi connectivity index (χ1v) is 10.2. The molecule has 3 N–H and O–H groups in total. The Hall–Kier alpha value is -3.35. The Morgan fingerprint density at radius 2 is 1.94 bits per heavy atom. The van der Waals surface area contributed by atoms with Gasteiger partial charge in [-0.3, -0.25) is 14.9 Å². The molecule has 168 valence electrons. The fourth-order valence-corrected chi connectivity index (χ4v) is 3.25. The zero-order valence-electron chi connectivity index (χ0n) is 18.1. The van der Waals surface area contributed by atoms with E-state index in [0.717, 1.165) is 44.5 Å². The predicted octanol–water partition coefficient (Wildman–Crippen LogP) is 2.84. The molecule has 1 saturated carbocycles. The van der Waals surface area contributed by atoms with E-state index in [1.54, 1.807) is 26.8 Å². The Morgan fingerprint density at radius 1 is 1.32 bits per heavy atom. The van der Waals surface area contributed by atoms with Crippen LogP contribution >= 0.6 is 0 Å². The summed E-state index contributed by atoms with van der Waals surface area (Å²) in [7, 11) is 0. The van der Waals surface area contributed by atoms with Crippen LogP contribution in [0, 0.1) is 27.4 Å². The largest absolute Gasteiger partial charge is 0.444 e. The van der Waals surface area contributed by atoms with Gasteiger partial charge in [-0.25, -0.2) is 4.79 Å². The van der Waals surface area contributed by atoms with Crippen LogP contribution in [0.3, 0.4) is 0 Å². The number of carbonyl (C=O) groups excluding carboxylic acids is 2. The van der Waals surface area contributed by atoms with E-state index < -0.39 is 28.6 Å². The number of nitrogens with two attached hydrogens (primary N) is 1. The minimum Gasteiger partial charge on any atom is -0.444 e. The summed E-state index contributed by atoms with van der Waals surface area (Å²) < 4.78 is 5.04. The molecule has 1 saturated heterocycles. The summed E-state index contributed by atoms with van der Waals surface area (Å²) in [6.45, 7) is 7.15. The summed E-state index contributed by atoms with van der Waals surface area (Å²) in [5, 5.41) is 22.1. The zero-order valence-corrected chi connectivity index (χ0v) is 18.1. The van der Waals surface area contributed by atoms with Crippen LogP contribution < -0.4 is 16.0 Å². The van der Waals surface area contributed by atoms with Gasteiger partial charge in [-0.05, 0) is 58.4 Å². The van der Waals surface area contributed by atoms with Crippen LogP contribution in [0.25, 0.3) is 0 Å². The minimum absolute atomic E-state index is 0.0282. The molecule has 1 atom stereocenters. The molecule has 1 aromatic rings. The summed E-state index contributed by atoms with van der Waals surface area (Å²) in [5.74, 6) is -0.307. The Morgan fingerprint density at radius 3 is 2.39 bits per heavy atom. The van der Waals surface area contributed by atoms with Gasteiger partial charge in [-0.15, -0.1) is 0 Å². The van der Waals surface area contributed by atoms with Crippen LogP contribution in [0.1, 0.15) is 52.0 Å². The Kier molecular flexibility index (Phi) is 7.80. The highest BCUT2D eigenvalue weighted by molar-refractivity contribution is 5.85. The number of amides is 2. The smallest absolute Gasteiger partial charge is 0.408 e. The molecule has 1 aromatic carbocycles. The Balaban J connectivity index is 0.000000221. The Labute approximate surface area is 181 Å². The molecule has 3 rings (SSSR count). The summed E-state index contributed by atoms with van der Waals surface area (Å²) in [4.78, 5) is 34.6. The second kappa shape index (κ2) is 10.1. The maximum Gasteiger partial charge on any atom is 0.408 e. The third-order valence-electron chi connectivity index (χ3n) is 4.83. The molecule has 2 aliphatic rings. The molecule has 0 bridgehead atoms. The van der Waals surface area contributed by atoms with Crippen molar-refractivity contribution < 1.29 is 19.2 Å². The van der Waals surface area contributed by atoms with Gasteiger partial charge in [0, 0.05) is 25.2 Å². The van der Waals surface area contributed by atoms with Crippen molar-refractivity contribution in [1.82, 2.24) is 5.32 Å². The van der Waals surface area contributed by atoms with Crippen LogP contribution in [-0.2, 0) is 9.53 Å². The fourth-order valence-electron chi connectivity index (χ4n) is 3.25. The molecule has 2 fully saturated rings. The van der Waals surface area contributed by atoms with E-state index in [0.29, 0.717) is 5.56 Å². The number of benzene rings is 1. The van der Waals surface area contributed by atoms with Gasteiger partial charge < -0.3 is 20.7 Å². The van der Waals surface area contributed by atoms with Crippen molar-refractivity contribution in [3.63, 3.8) is 0 Å². The van der Waals surface area contributed by atoms with Gasteiger partial charge in [0.15, 0.2) is 0 Å². The lowest BCUT2D eigenvalue weighted by Gasteiger charge is -2.22. The number of ether oxygens (including phenoxy) is 1. The number of primary amides is 1. The van der Waals surface area contributed by atoms with Gasteiger partial charge in [-0.1, -0.05) is 0 Å². The van der Waals surface area contributed by atoms with Crippen molar-refractivity contribution in [2.45, 2.75) is 58.1 Å². The maximum atomic E-state index is 11.4. The van der Waals surface area contributed by atoms with Crippen LogP contribution in [-0.4, -0.2) is 41.7 Å². The van der Waals surface area contributed by atoms with Crippen LogP contribution in [0.5, 0.6) is 0 Å². The van der Waals surface area contributed by atoms with E-state index in [-0.39, 0.29) is 11.6 Å².